The van der Waals surface area contributed by atoms with Crippen molar-refractivity contribution in [3.8, 4) is 0 Å². The number of ether oxygens (including phenoxy) is 2. The molecule has 4 atom stereocenters. The topological polar surface area (TPSA) is 67.8 Å². The zero-order valence-corrected chi connectivity index (χ0v) is 9.32. The molecule has 0 aromatic carbocycles. The van der Waals surface area contributed by atoms with Gasteiger partial charge in [-0.25, -0.2) is 0 Å². The standard InChI is InChI=1S/C9H14F3NO4/c1-4-7(14)5(3-6(16-2)17-4)13-8(15)9(10,11)12/h4-7,14H,3H2,1-2H3,(H,13,15)/t4-,5-,6-,7+/m1/s1. The highest BCUT2D eigenvalue weighted by atomic mass is 19.4. The molecule has 0 aromatic rings. The summed E-state index contributed by atoms with van der Waals surface area (Å²) in [6, 6.07) is -1.04. The van der Waals surface area contributed by atoms with Gasteiger partial charge in [0.05, 0.1) is 12.1 Å². The number of hydrogen-bond acceptors (Lipinski definition) is 4. The SMILES string of the molecule is CO[C@H]1C[C@@H](NC(=O)C(F)(F)F)[C@@H](O)[C@@H](C)O1. The molecule has 8 heteroatoms. The largest absolute Gasteiger partial charge is 0.471 e. The maximum Gasteiger partial charge on any atom is 0.471 e. The second-order valence-corrected chi connectivity index (χ2v) is 3.81. The van der Waals surface area contributed by atoms with E-state index < -0.39 is 36.6 Å². The van der Waals surface area contributed by atoms with E-state index in [0.717, 1.165) is 0 Å². The molecule has 1 heterocycles. The molecule has 17 heavy (non-hydrogen) atoms. The third kappa shape index (κ3) is 3.55. The lowest BCUT2D eigenvalue weighted by molar-refractivity contribution is -0.218. The first-order valence-electron chi connectivity index (χ1n) is 4.99. The number of alkyl halides is 3. The molecule has 0 saturated carbocycles. The summed E-state index contributed by atoms with van der Waals surface area (Å²) in [5.41, 5.74) is 0. The van der Waals surface area contributed by atoms with E-state index in [9.17, 15) is 23.1 Å². The third-order valence-corrected chi connectivity index (χ3v) is 2.54. The maximum atomic E-state index is 12.1. The molecule has 0 aliphatic carbocycles. The first-order chi connectivity index (χ1) is 7.75. The highest BCUT2D eigenvalue weighted by Crippen LogP contribution is 2.22. The van der Waals surface area contributed by atoms with Gasteiger partial charge in [0, 0.05) is 13.5 Å². The number of halogens is 3. The van der Waals surface area contributed by atoms with E-state index in [1.165, 1.54) is 14.0 Å². The summed E-state index contributed by atoms with van der Waals surface area (Å²) in [6.45, 7) is 1.49. The van der Waals surface area contributed by atoms with Crippen molar-refractivity contribution >= 4 is 5.91 Å². The Hall–Kier alpha value is -0.860. The Balaban J connectivity index is 2.65. The minimum absolute atomic E-state index is 0.0379. The van der Waals surface area contributed by atoms with E-state index in [1.54, 1.807) is 5.32 Å². The molecule has 1 fully saturated rings. The maximum absolute atomic E-state index is 12.1. The van der Waals surface area contributed by atoms with E-state index in [1.807, 2.05) is 0 Å². The summed E-state index contributed by atoms with van der Waals surface area (Å²) in [5.74, 6) is -2.08. The second kappa shape index (κ2) is 5.19. The van der Waals surface area contributed by atoms with Crippen molar-refractivity contribution in [1.82, 2.24) is 5.32 Å². The van der Waals surface area contributed by atoms with E-state index in [4.69, 9.17) is 9.47 Å². The van der Waals surface area contributed by atoms with Crippen LogP contribution in [0.5, 0.6) is 0 Å². The number of carbonyl (C=O) groups is 1. The fourth-order valence-electron chi connectivity index (χ4n) is 1.60. The van der Waals surface area contributed by atoms with E-state index in [2.05, 4.69) is 0 Å². The van der Waals surface area contributed by atoms with Crippen LogP contribution in [-0.4, -0.2) is 48.8 Å². The predicted molar refractivity (Wildman–Crippen MR) is 50.0 cm³/mol. The van der Waals surface area contributed by atoms with Gasteiger partial charge in [-0.15, -0.1) is 0 Å². The Morgan fingerprint density at radius 2 is 2.12 bits per heavy atom. The first kappa shape index (κ1) is 14.2. The summed E-state index contributed by atoms with van der Waals surface area (Å²) in [6.07, 6.45) is -7.67. The van der Waals surface area contributed by atoms with Gasteiger partial charge in [0.2, 0.25) is 0 Å². The molecule has 0 unspecified atom stereocenters. The van der Waals surface area contributed by atoms with Crippen LogP contribution in [0.15, 0.2) is 0 Å². The van der Waals surface area contributed by atoms with Gasteiger partial charge in [-0.2, -0.15) is 13.2 Å². The second-order valence-electron chi connectivity index (χ2n) is 3.81. The average Bonchev–Trinajstić information content (AvgIpc) is 2.22. The van der Waals surface area contributed by atoms with Gasteiger partial charge >= 0.3 is 12.1 Å². The molecule has 1 aliphatic rings. The van der Waals surface area contributed by atoms with Crippen LogP contribution in [0.4, 0.5) is 13.2 Å². The quantitative estimate of drug-likeness (QED) is 0.740. The molecule has 100 valence electrons. The average molecular weight is 257 g/mol. The smallest absolute Gasteiger partial charge is 0.388 e. The number of methoxy groups -OCH3 is 1. The first-order valence-corrected chi connectivity index (χ1v) is 4.99. The van der Waals surface area contributed by atoms with Crippen molar-refractivity contribution in [3.05, 3.63) is 0 Å². The van der Waals surface area contributed by atoms with E-state index >= 15 is 0 Å². The summed E-state index contributed by atoms with van der Waals surface area (Å²) in [5, 5.41) is 11.3. The molecular formula is C9H14F3NO4. The summed E-state index contributed by atoms with van der Waals surface area (Å²) < 4.78 is 46.1. The Bertz CT molecular complexity index is 284. The predicted octanol–water partition coefficient (Wildman–Crippen LogP) is 0.176. The molecule has 0 bridgehead atoms. The van der Waals surface area contributed by atoms with Crippen LogP contribution in [0.3, 0.4) is 0 Å². The molecule has 5 nitrogen and oxygen atoms in total. The van der Waals surface area contributed by atoms with Crippen molar-refractivity contribution < 1.29 is 32.5 Å². The van der Waals surface area contributed by atoms with Crippen LogP contribution in [0.25, 0.3) is 0 Å². The Kier molecular flexibility index (Phi) is 4.34. The monoisotopic (exact) mass is 257 g/mol. The molecule has 2 N–H and O–H groups in total. The van der Waals surface area contributed by atoms with Gasteiger partial charge in [-0.3, -0.25) is 4.79 Å². The molecule has 1 aliphatic heterocycles. The Morgan fingerprint density at radius 1 is 1.53 bits per heavy atom. The molecule has 0 radical (unpaired) electrons. The molecule has 1 rings (SSSR count). The van der Waals surface area contributed by atoms with E-state index in [0.29, 0.717) is 0 Å². The van der Waals surface area contributed by atoms with Crippen molar-refractivity contribution in [2.75, 3.05) is 7.11 Å². The molecular weight excluding hydrogens is 243 g/mol. The Labute approximate surface area is 95.9 Å². The van der Waals surface area contributed by atoms with Crippen molar-refractivity contribution in [3.63, 3.8) is 0 Å². The van der Waals surface area contributed by atoms with Crippen LogP contribution >= 0.6 is 0 Å². The third-order valence-electron chi connectivity index (χ3n) is 2.54. The lowest BCUT2D eigenvalue weighted by Crippen LogP contribution is -2.57. The molecule has 0 spiro atoms. The summed E-state index contributed by atoms with van der Waals surface area (Å²) in [4.78, 5) is 10.8. The molecule has 0 aromatic heterocycles. The van der Waals surface area contributed by atoms with Gasteiger partial charge in [-0.1, -0.05) is 0 Å². The minimum Gasteiger partial charge on any atom is -0.388 e. The number of rotatable bonds is 2. The zero-order chi connectivity index (χ0) is 13.2. The van der Waals surface area contributed by atoms with Gasteiger partial charge in [0.15, 0.2) is 6.29 Å². The zero-order valence-electron chi connectivity index (χ0n) is 9.32. The van der Waals surface area contributed by atoms with Crippen molar-refractivity contribution in [2.24, 2.45) is 0 Å². The van der Waals surface area contributed by atoms with E-state index in [-0.39, 0.29) is 6.42 Å². The summed E-state index contributed by atoms with van der Waals surface area (Å²) in [7, 11) is 1.33. The van der Waals surface area contributed by atoms with Gasteiger partial charge < -0.3 is 19.9 Å². The molecule has 1 amide bonds. The van der Waals surface area contributed by atoms with Crippen molar-refractivity contribution in [2.45, 2.75) is 44.1 Å². The highest BCUT2D eigenvalue weighted by molar-refractivity contribution is 5.82. The van der Waals surface area contributed by atoms with Crippen LogP contribution in [-0.2, 0) is 14.3 Å². The van der Waals surface area contributed by atoms with Crippen LogP contribution in [0.1, 0.15) is 13.3 Å². The lowest BCUT2D eigenvalue weighted by Gasteiger charge is -2.37. The normalized spacial score (nSPS) is 34.5. The number of carbonyl (C=O) groups excluding carboxylic acids is 1. The number of aliphatic hydroxyl groups excluding tert-OH is 1. The van der Waals surface area contributed by atoms with Crippen LogP contribution in [0, 0.1) is 0 Å². The minimum atomic E-state index is -4.97. The van der Waals surface area contributed by atoms with Crippen molar-refractivity contribution in [1.29, 1.82) is 0 Å². The van der Waals surface area contributed by atoms with Crippen LogP contribution in [0.2, 0.25) is 0 Å². The van der Waals surface area contributed by atoms with Gasteiger partial charge in [-0.05, 0) is 6.92 Å². The number of hydrogen-bond donors (Lipinski definition) is 2. The van der Waals surface area contributed by atoms with Gasteiger partial charge in [0.1, 0.15) is 6.10 Å². The van der Waals surface area contributed by atoms with Gasteiger partial charge in [0.25, 0.3) is 0 Å². The lowest BCUT2D eigenvalue weighted by atomic mass is 9.99. The Morgan fingerprint density at radius 3 is 2.59 bits per heavy atom. The molecule has 1 saturated heterocycles. The fraction of sp³-hybridized carbons (Fsp3) is 0.889. The number of nitrogens with one attached hydrogen (secondary N) is 1. The highest BCUT2D eigenvalue weighted by Gasteiger charge is 2.43. The summed E-state index contributed by atoms with van der Waals surface area (Å²) >= 11 is 0. The fourth-order valence-corrected chi connectivity index (χ4v) is 1.60. The van der Waals surface area contributed by atoms with Crippen LogP contribution < -0.4 is 5.32 Å². The number of aliphatic hydroxyl groups is 1. The number of amides is 1.